The molecule has 1 heterocycles. The number of fused-ring (bicyclic) bond motifs is 1. The Morgan fingerprint density at radius 2 is 1.63 bits per heavy atom. The summed E-state index contributed by atoms with van der Waals surface area (Å²) >= 11 is 0. The van der Waals surface area contributed by atoms with E-state index in [1.807, 2.05) is 13.8 Å². The number of rotatable bonds is 14. The fourth-order valence-corrected chi connectivity index (χ4v) is 5.34. The number of nitrogens with zero attached hydrogens (tertiary/aromatic N) is 3. The Balaban J connectivity index is 1.85. The largest absolute Gasteiger partial charge is 0.762 e. The van der Waals surface area contributed by atoms with Crippen molar-refractivity contribution in [2.75, 3.05) is 11.4 Å². The average molecular weight is 515 g/mol. The fourth-order valence-electron chi connectivity index (χ4n) is 5.34. The average Bonchev–Trinajstić information content (AvgIpc) is 3.12. The number of hydrogen-bond acceptors (Lipinski definition) is 5. The standard InChI is InChI=1S/C31H36N3O4/c1-4-5-6-7-8-9-10-11-12-13-16-34-25-15-14-21(30(37)38)17-24(25)31(2,3)26(34)18-23-27(22(19-32)20-33)29(36)28(23)35/h14-15,17-18H,4-13,16H2,1-3H3,(H,37,38)/q-1/b26-18-. The van der Waals surface area contributed by atoms with Gasteiger partial charge in [-0.1, -0.05) is 78.6 Å². The highest BCUT2D eigenvalue weighted by Gasteiger charge is 2.41. The second-order valence-corrected chi connectivity index (χ2v) is 10.6. The van der Waals surface area contributed by atoms with E-state index in [1.54, 1.807) is 36.2 Å². The van der Waals surface area contributed by atoms with Gasteiger partial charge in [-0.25, -0.2) is 10.7 Å². The first-order valence-electron chi connectivity index (χ1n) is 13.6. The highest BCUT2D eigenvalue weighted by molar-refractivity contribution is 6.01. The normalized spacial score (nSPS) is 14.9. The van der Waals surface area contributed by atoms with Crippen LogP contribution in [0.1, 0.15) is 112 Å². The predicted molar refractivity (Wildman–Crippen MR) is 152 cm³/mol. The van der Waals surface area contributed by atoms with Gasteiger partial charge >= 0.3 is 5.97 Å². The maximum Gasteiger partial charge on any atom is 0.335 e. The molecule has 3 rings (SSSR count). The van der Waals surface area contributed by atoms with Crippen molar-refractivity contribution >= 4 is 29.2 Å². The smallest absolute Gasteiger partial charge is 0.335 e. The van der Waals surface area contributed by atoms with Gasteiger partial charge in [0, 0.05) is 28.9 Å². The zero-order valence-electron chi connectivity index (χ0n) is 22.6. The van der Waals surface area contributed by atoms with Crippen LogP contribution in [0, 0.1) is 11.3 Å². The van der Waals surface area contributed by atoms with Crippen LogP contribution in [-0.2, 0) is 5.41 Å². The molecule has 2 aromatic rings. The molecule has 0 saturated heterocycles. The number of nitriles is 1. The molecule has 0 radical (unpaired) electrons. The Labute approximate surface area is 224 Å². The first-order valence-corrected chi connectivity index (χ1v) is 13.6. The van der Waals surface area contributed by atoms with Crippen molar-refractivity contribution in [1.29, 1.82) is 5.26 Å². The molecule has 0 unspecified atom stereocenters. The van der Waals surface area contributed by atoms with Crippen molar-refractivity contribution in [2.45, 2.75) is 90.4 Å². The third-order valence-corrected chi connectivity index (χ3v) is 7.58. The van der Waals surface area contributed by atoms with Gasteiger partial charge in [0.05, 0.1) is 16.7 Å². The summed E-state index contributed by atoms with van der Waals surface area (Å²) in [5.41, 5.74) is -0.0246. The van der Waals surface area contributed by atoms with Crippen molar-refractivity contribution in [3.63, 3.8) is 0 Å². The van der Waals surface area contributed by atoms with Crippen LogP contribution in [0.5, 0.6) is 0 Å². The Morgan fingerprint density at radius 3 is 2.18 bits per heavy atom. The quantitative estimate of drug-likeness (QED) is 0.139. The molecule has 0 atom stereocenters. The van der Waals surface area contributed by atoms with Gasteiger partial charge in [-0.3, -0.25) is 9.59 Å². The molecule has 0 aromatic heterocycles. The molecule has 0 bridgehead atoms. The summed E-state index contributed by atoms with van der Waals surface area (Å²) in [6, 6.07) is 6.75. The third kappa shape index (κ3) is 5.87. The number of carboxylic acids is 1. The molecule has 1 N–H and O–H groups in total. The number of anilines is 1. The van der Waals surface area contributed by atoms with Crippen LogP contribution >= 0.6 is 0 Å². The molecular formula is C31H36N3O4-. The van der Waals surface area contributed by atoms with Crippen molar-refractivity contribution in [1.82, 2.24) is 0 Å². The summed E-state index contributed by atoms with van der Waals surface area (Å²) < 4.78 is 0. The van der Waals surface area contributed by atoms with E-state index in [4.69, 9.17) is 0 Å². The number of carboxylic acid groups (broad SMARTS) is 1. The van der Waals surface area contributed by atoms with Crippen molar-refractivity contribution in [2.24, 2.45) is 0 Å². The second-order valence-electron chi connectivity index (χ2n) is 10.6. The van der Waals surface area contributed by atoms with Crippen LogP contribution in [0.2, 0.25) is 0 Å². The van der Waals surface area contributed by atoms with E-state index in [-0.39, 0.29) is 22.3 Å². The number of aromatic carboxylic acids is 1. The summed E-state index contributed by atoms with van der Waals surface area (Å²) in [6.45, 7) is 6.79. The molecule has 0 fully saturated rings. The summed E-state index contributed by atoms with van der Waals surface area (Å²) in [4.78, 5) is 38.5. The molecule has 2 aromatic carbocycles. The summed E-state index contributed by atoms with van der Waals surface area (Å²) in [5, 5.41) is 28.1. The van der Waals surface area contributed by atoms with Gasteiger partial charge in [0.2, 0.25) is 10.9 Å². The molecule has 200 valence electrons. The van der Waals surface area contributed by atoms with Crippen LogP contribution in [0.15, 0.2) is 33.5 Å². The minimum atomic E-state index is -1.02. The van der Waals surface area contributed by atoms with E-state index in [9.17, 15) is 30.2 Å². The third-order valence-electron chi connectivity index (χ3n) is 7.58. The van der Waals surface area contributed by atoms with E-state index in [0.717, 1.165) is 36.2 Å². The number of benzene rings is 1. The lowest BCUT2D eigenvalue weighted by atomic mass is 9.81. The van der Waals surface area contributed by atoms with Gasteiger partial charge in [-0.15, -0.1) is 0 Å². The molecule has 0 spiro atoms. The lowest BCUT2D eigenvalue weighted by Gasteiger charge is -2.28. The zero-order valence-corrected chi connectivity index (χ0v) is 22.6. The summed E-state index contributed by atoms with van der Waals surface area (Å²) in [6.07, 6.45) is 13.6. The highest BCUT2D eigenvalue weighted by atomic mass is 16.4. The van der Waals surface area contributed by atoms with Crippen LogP contribution in [-0.4, -0.2) is 23.5 Å². The highest BCUT2D eigenvalue weighted by Crippen LogP contribution is 2.49. The lowest BCUT2D eigenvalue weighted by Crippen LogP contribution is -2.39. The molecule has 7 heteroatoms. The SMILES string of the molecule is CCCCCCCCCCCCN1/C(=C\c2c(C(=C=[N-])C#N)c(=O)c2=O)C(C)(C)c2cc(C(=O)O)ccc21. The number of carbonyl (C=O) groups is 1. The van der Waals surface area contributed by atoms with Crippen LogP contribution in [0.3, 0.4) is 0 Å². The Bertz CT molecular complexity index is 1380. The van der Waals surface area contributed by atoms with Crippen LogP contribution in [0.4, 0.5) is 5.69 Å². The molecule has 0 saturated carbocycles. The monoisotopic (exact) mass is 514 g/mol. The van der Waals surface area contributed by atoms with E-state index >= 15 is 0 Å². The number of allylic oxidation sites excluding steroid dienone is 2. The molecule has 0 aliphatic carbocycles. The summed E-state index contributed by atoms with van der Waals surface area (Å²) in [5.74, 6) is 0.699. The van der Waals surface area contributed by atoms with Gasteiger partial charge in [0.25, 0.3) is 0 Å². The van der Waals surface area contributed by atoms with Gasteiger partial charge in [0.1, 0.15) is 6.07 Å². The molecule has 0 amide bonds. The zero-order chi connectivity index (χ0) is 27.9. The Morgan fingerprint density at radius 1 is 1.03 bits per heavy atom. The van der Waals surface area contributed by atoms with Gasteiger partial charge in [0.15, 0.2) is 0 Å². The summed E-state index contributed by atoms with van der Waals surface area (Å²) in [7, 11) is 0. The van der Waals surface area contributed by atoms with Crippen molar-refractivity contribution in [3.05, 3.63) is 72.0 Å². The minimum Gasteiger partial charge on any atom is -0.762 e. The number of hydrogen-bond donors (Lipinski definition) is 1. The van der Waals surface area contributed by atoms with E-state index in [0.29, 0.717) is 6.54 Å². The molecular weight excluding hydrogens is 478 g/mol. The molecule has 1 aliphatic rings. The van der Waals surface area contributed by atoms with Crippen molar-refractivity contribution < 1.29 is 9.90 Å². The molecule has 1 aliphatic heterocycles. The van der Waals surface area contributed by atoms with Gasteiger partial charge in [-0.05, 0) is 36.3 Å². The number of unbranched alkanes of at least 4 members (excludes halogenated alkanes) is 9. The van der Waals surface area contributed by atoms with E-state index in [2.05, 4.69) is 11.8 Å². The van der Waals surface area contributed by atoms with E-state index in [1.165, 1.54) is 44.9 Å². The van der Waals surface area contributed by atoms with Crippen LogP contribution in [0.25, 0.3) is 17.1 Å². The van der Waals surface area contributed by atoms with E-state index < -0.39 is 22.2 Å². The van der Waals surface area contributed by atoms with Gasteiger partial charge < -0.3 is 15.4 Å². The van der Waals surface area contributed by atoms with Gasteiger partial charge in [-0.2, -0.15) is 5.26 Å². The van der Waals surface area contributed by atoms with Crippen molar-refractivity contribution in [3.8, 4) is 6.07 Å². The topological polar surface area (TPSA) is 121 Å². The first-order chi connectivity index (χ1) is 18.2. The Hall–Kier alpha value is -3.75. The second kappa shape index (κ2) is 12.7. The Kier molecular flexibility index (Phi) is 9.61. The fraction of sp³-hybridized carbons (Fsp3) is 0.484. The lowest BCUT2D eigenvalue weighted by molar-refractivity contribution is 0.0696. The maximum absolute atomic E-state index is 12.5. The predicted octanol–water partition coefficient (Wildman–Crippen LogP) is 6.19. The maximum atomic E-state index is 12.5. The first kappa shape index (κ1) is 28.8. The molecule has 7 nitrogen and oxygen atoms in total. The molecule has 38 heavy (non-hydrogen) atoms. The minimum absolute atomic E-state index is 0.0653. The van der Waals surface area contributed by atoms with Crippen LogP contribution < -0.4 is 15.8 Å².